The van der Waals surface area contributed by atoms with Crippen molar-refractivity contribution in [3.8, 4) is 0 Å². The van der Waals surface area contributed by atoms with Crippen molar-refractivity contribution in [3.63, 3.8) is 0 Å². The number of rotatable bonds is 5. The molecule has 8 heteroatoms. The first-order chi connectivity index (χ1) is 7.88. The van der Waals surface area contributed by atoms with E-state index in [-0.39, 0.29) is 6.54 Å². The van der Waals surface area contributed by atoms with E-state index in [0.29, 0.717) is 0 Å². The normalized spacial score (nSPS) is 13.3. The van der Waals surface area contributed by atoms with Crippen molar-refractivity contribution in [2.24, 2.45) is 5.73 Å². The Kier molecular flexibility index (Phi) is 4.16. The molecule has 3 N–H and O–H groups in total. The SMILES string of the molecule is NCC(O)CS(=O)(=O)c1ccccc1[N+](=O)[O-]. The van der Waals surface area contributed by atoms with Gasteiger partial charge >= 0.3 is 0 Å². The van der Waals surface area contributed by atoms with Gasteiger partial charge in [0.15, 0.2) is 9.84 Å². The Bertz CT molecular complexity index is 514. The van der Waals surface area contributed by atoms with Crippen LogP contribution in [-0.4, -0.2) is 36.8 Å². The molecule has 1 aromatic rings. The number of nitro benzene ring substituents is 1. The number of hydrogen-bond donors (Lipinski definition) is 2. The van der Waals surface area contributed by atoms with E-state index in [1.165, 1.54) is 12.1 Å². The van der Waals surface area contributed by atoms with E-state index in [0.717, 1.165) is 12.1 Å². The summed E-state index contributed by atoms with van der Waals surface area (Å²) in [5.74, 6) is -0.631. The van der Waals surface area contributed by atoms with Crippen LogP contribution in [0.3, 0.4) is 0 Å². The van der Waals surface area contributed by atoms with Crippen LogP contribution in [0.2, 0.25) is 0 Å². The minimum absolute atomic E-state index is 0.222. The summed E-state index contributed by atoms with van der Waals surface area (Å²) >= 11 is 0. The van der Waals surface area contributed by atoms with Crippen molar-refractivity contribution in [2.45, 2.75) is 11.0 Å². The summed E-state index contributed by atoms with van der Waals surface area (Å²) in [6.07, 6.45) is -1.24. The molecule has 0 heterocycles. The molecule has 17 heavy (non-hydrogen) atoms. The lowest BCUT2D eigenvalue weighted by Gasteiger charge is -2.08. The molecule has 0 spiro atoms. The van der Waals surface area contributed by atoms with Crippen molar-refractivity contribution >= 4 is 15.5 Å². The molecule has 94 valence electrons. The molecule has 0 aliphatic rings. The van der Waals surface area contributed by atoms with E-state index >= 15 is 0 Å². The van der Waals surface area contributed by atoms with E-state index in [2.05, 4.69) is 0 Å². The van der Waals surface area contributed by atoms with Gasteiger partial charge in [0.2, 0.25) is 0 Å². The summed E-state index contributed by atoms with van der Waals surface area (Å²) in [5, 5.41) is 19.9. The summed E-state index contributed by atoms with van der Waals surface area (Å²) in [7, 11) is -3.92. The van der Waals surface area contributed by atoms with Crippen molar-refractivity contribution in [2.75, 3.05) is 12.3 Å². The smallest absolute Gasteiger partial charge is 0.287 e. The van der Waals surface area contributed by atoms with Crippen LogP contribution in [-0.2, 0) is 9.84 Å². The molecule has 1 rings (SSSR count). The summed E-state index contributed by atoms with van der Waals surface area (Å²) < 4.78 is 23.6. The zero-order valence-electron chi connectivity index (χ0n) is 8.81. The average molecular weight is 260 g/mol. The Hall–Kier alpha value is -1.51. The molecule has 1 unspecified atom stereocenters. The van der Waals surface area contributed by atoms with Gasteiger partial charge in [-0.15, -0.1) is 0 Å². The van der Waals surface area contributed by atoms with Gasteiger partial charge in [0.05, 0.1) is 16.8 Å². The first-order valence-electron chi connectivity index (χ1n) is 4.73. The molecule has 0 radical (unpaired) electrons. The fraction of sp³-hybridized carbons (Fsp3) is 0.333. The van der Waals surface area contributed by atoms with Crippen LogP contribution in [0.5, 0.6) is 0 Å². The number of aliphatic hydroxyl groups excluding tert-OH is 1. The predicted octanol–water partition coefficient (Wildman–Crippen LogP) is -0.312. The van der Waals surface area contributed by atoms with Crippen molar-refractivity contribution in [1.29, 1.82) is 0 Å². The largest absolute Gasteiger partial charge is 0.391 e. The molecule has 0 fully saturated rings. The second kappa shape index (κ2) is 5.21. The Labute approximate surface area is 97.9 Å². The number of hydrogen-bond acceptors (Lipinski definition) is 6. The van der Waals surface area contributed by atoms with Crippen molar-refractivity contribution < 1.29 is 18.4 Å². The van der Waals surface area contributed by atoms with Crippen molar-refractivity contribution in [3.05, 3.63) is 34.4 Å². The molecule has 7 nitrogen and oxygen atoms in total. The van der Waals surface area contributed by atoms with Gasteiger partial charge in [-0.25, -0.2) is 8.42 Å². The first kappa shape index (κ1) is 13.6. The van der Waals surface area contributed by atoms with Crippen LogP contribution in [0.1, 0.15) is 0 Å². The van der Waals surface area contributed by atoms with E-state index in [4.69, 9.17) is 5.73 Å². The quantitative estimate of drug-likeness (QED) is 0.552. The minimum atomic E-state index is -3.92. The summed E-state index contributed by atoms with van der Waals surface area (Å²) in [6, 6.07) is 4.99. The van der Waals surface area contributed by atoms with Gasteiger partial charge in [-0.3, -0.25) is 10.1 Å². The maximum Gasteiger partial charge on any atom is 0.287 e. The minimum Gasteiger partial charge on any atom is -0.391 e. The average Bonchev–Trinajstić information content (AvgIpc) is 2.28. The predicted molar refractivity (Wildman–Crippen MR) is 60.2 cm³/mol. The second-order valence-corrected chi connectivity index (χ2v) is 5.40. The second-order valence-electron chi connectivity index (χ2n) is 3.40. The summed E-state index contributed by atoms with van der Waals surface area (Å²) in [5.41, 5.74) is 4.60. The maximum atomic E-state index is 11.8. The molecule has 0 amide bonds. The summed E-state index contributed by atoms with van der Waals surface area (Å²) in [4.78, 5) is 9.50. The van der Waals surface area contributed by atoms with Gasteiger partial charge in [0.25, 0.3) is 5.69 Å². The molecular weight excluding hydrogens is 248 g/mol. The zero-order chi connectivity index (χ0) is 13.1. The molecule has 0 bridgehead atoms. The number of sulfone groups is 1. The van der Waals surface area contributed by atoms with Gasteiger partial charge < -0.3 is 10.8 Å². The third-order valence-electron chi connectivity index (χ3n) is 2.08. The maximum absolute atomic E-state index is 11.8. The zero-order valence-corrected chi connectivity index (χ0v) is 9.63. The van der Waals surface area contributed by atoms with Gasteiger partial charge in [0, 0.05) is 12.6 Å². The topological polar surface area (TPSA) is 124 Å². The van der Waals surface area contributed by atoms with Crippen LogP contribution in [0, 0.1) is 10.1 Å². The number of aliphatic hydroxyl groups is 1. The highest BCUT2D eigenvalue weighted by Crippen LogP contribution is 2.24. The van der Waals surface area contributed by atoms with E-state index < -0.39 is 37.2 Å². The summed E-state index contributed by atoms with van der Waals surface area (Å²) in [6.45, 7) is -0.222. The molecule has 1 aromatic carbocycles. The molecule has 0 saturated heterocycles. The van der Waals surface area contributed by atoms with Crippen LogP contribution >= 0.6 is 0 Å². The van der Waals surface area contributed by atoms with Crippen LogP contribution < -0.4 is 5.73 Å². The van der Waals surface area contributed by atoms with E-state index in [1.54, 1.807) is 0 Å². The lowest BCUT2D eigenvalue weighted by atomic mass is 10.3. The Balaban J connectivity index is 3.20. The van der Waals surface area contributed by atoms with Crippen LogP contribution in [0.4, 0.5) is 5.69 Å². The van der Waals surface area contributed by atoms with Crippen LogP contribution in [0.15, 0.2) is 29.2 Å². The highest BCUT2D eigenvalue weighted by Gasteiger charge is 2.26. The Morgan fingerprint density at radius 1 is 1.41 bits per heavy atom. The van der Waals surface area contributed by atoms with Gasteiger partial charge in [0.1, 0.15) is 4.90 Å². The fourth-order valence-electron chi connectivity index (χ4n) is 1.28. The first-order valence-corrected chi connectivity index (χ1v) is 6.38. The third kappa shape index (κ3) is 3.22. The Morgan fingerprint density at radius 2 is 2.00 bits per heavy atom. The molecule has 0 saturated carbocycles. The third-order valence-corrected chi connectivity index (χ3v) is 3.92. The monoisotopic (exact) mass is 260 g/mol. The molecule has 0 aliphatic carbocycles. The molecule has 1 atom stereocenters. The lowest BCUT2D eigenvalue weighted by Crippen LogP contribution is -2.28. The number of nitro groups is 1. The number of nitrogens with two attached hydrogens (primary N) is 1. The number of para-hydroxylation sites is 1. The van der Waals surface area contributed by atoms with Crippen molar-refractivity contribution in [1.82, 2.24) is 0 Å². The van der Waals surface area contributed by atoms with Gasteiger partial charge in [-0.1, -0.05) is 12.1 Å². The highest BCUT2D eigenvalue weighted by molar-refractivity contribution is 7.91. The van der Waals surface area contributed by atoms with Gasteiger partial charge in [-0.2, -0.15) is 0 Å². The standard InChI is InChI=1S/C9H12N2O5S/c10-5-7(12)6-17(15,16)9-4-2-1-3-8(9)11(13)14/h1-4,7,12H,5-6,10H2. The molecule has 0 aliphatic heterocycles. The number of benzene rings is 1. The van der Waals surface area contributed by atoms with E-state index in [1.807, 2.05) is 0 Å². The highest BCUT2D eigenvalue weighted by atomic mass is 32.2. The molecule has 0 aromatic heterocycles. The van der Waals surface area contributed by atoms with Gasteiger partial charge in [-0.05, 0) is 6.07 Å². The van der Waals surface area contributed by atoms with Crippen LogP contribution in [0.25, 0.3) is 0 Å². The lowest BCUT2D eigenvalue weighted by molar-refractivity contribution is -0.387. The number of nitrogens with zero attached hydrogens (tertiary/aromatic N) is 1. The fourth-order valence-corrected chi connectivity index (χ4v) is 2.85. The van der Waals surface area contributed by atoms with E-state index in [9.17, 15) is 23.6 Å². The Morgan fingerprint density at radius 3 is 2.53 bits per heavy atom. The molecular formula is C9H12N2O5S.